The lowest BCUT2D eigenvalue weighted by Crippen LogP contribution is -2.14. The van der Waals surface area contributed by atoms with Crippen molar-refractivity contribution in [2.24, 2.45) is 0 Å². The quantitative estimate of drug-likeness (QED) is 0.941. The smallest absolute Gasteiger partial charge is 0.263 e. The van der Waals surface area contributed by atoms with Crippen molar-refractivity contribution in [2.75, 3.05) is 4.72 Å². The van der Waals surface area contributed by atoms with Gasteiger partial charge in [0.15, 0.2) is 0 Å². The summed E-state index contributed by atoms with van der Waals surface area (Å²) >= 11 is 0. The molecule has 0 aliphatic heterocycles. The highest BCUT2D eigenvalue weighted by molar-refractivity contribution is 7.92. The summed E-state index contributed by atoms with van der Waals surface area (Å²) in [7, 11) is -3.72. The van der Waals surface area contributed by atoms with Gasteiger partial charge in [0.1, 0.15) is 5.82 Å². The molecule has 0 spiro atoms. The van der Waals surface area contributed by atoms with Crippen LogP contribution in [-0.4, -0.2) is 13.4 Å². The van der Waals surface area contributed by atoms with Gasteiger partial charge in [-0.2, -0.15) is 5.26 Å². The van der Waals surface area contributed by atoms with Crippen molar-refractivity contribution >= 4 is 15.8 Å². The third-order valence-corrected chi connectivity index (χ3v) is 4.32. The lowest BCUT2D eigenvalue weighted by atomic mass is 10.0. The first kappa shape index (κ1) is 15.0. The number of nitriles is 1. The molecule has 0 bridgehead atoms. The fourth-order valence-corrected chi connectivity index (χ4v) is 2.85. The Labute approximate surface area is 124 Å². The molecule has 21 heavy (non-hydrogen) atoms. The van der Waals surface area contributed by atoms with Crippen LogP contribution >= 0.6 is 0 Å². The number of anilines is 1. The SMILES string of the molecule is CC(C)c1cccc(S(=O)(=O)Nc2cc(C#N)ccn2)c1. The largest absolute Gasteiger partial charge is 0.263 e. The zero-order chi connectivity index (χ0) is 15.5. The molecule has 108 valence electrons. The highest BCUT2D eigenvalue weighted by Gasteiger charge is 2.16. The molecule has 1 heterocycles. The van der Waals surface area contributed by atoms with Crippen molar-refractivity contribution in [1.29, 1.82) is 5.26 Å². The van der Waals surface area contributed by atoms with Gasteiger partial charge in [-0.1, -0.05) is 26.0 Å². The van der Waals surface area contributed by atoms with Gasteiger partial charge in [-0.15, -0.1) is 0 Å². The van der Waals surface area contributed by atoms with Gasteiger partial charge in [0.25, 0.3) is 10.0 Å². The van der Waals surface area contributed by atoms with Crippen molar-refractivity contribution in [3.63, 3.8) is 0 Å². The Balaban J connectivity index is 2.34. The van der Waals surface area contributed by atoms with Crippen LogP contribution in [0.5, 0.6) is 0 Å². The van der Waals surface area contributed by atoms with E-state index in [1.165, 1.54) is 24.4 Å². The summed E-state index contributed by atoms with van der Waals surface area (Å²) in [5.74, 6) is 0.365. The summed E-state index contributed by atoms with van der Waals surface area (Å²) < 4.78 is 27.1. The number of hydrogen-bond donors (Lipinski definition) is 1. The molecule has 0 unspecified atom stereocenters. The lowest BCUT2D eigenvalue weighted by molar-refractivity contribution is 0.601. The second kappa shape index (κ2) is 5.94. The van der Waals surface area contributed by atoms with Crippen molar-refractivity contribution in [2.45, 2.75) is 24.7 Å². The molecular weight excluding hydrogens is 286 g/mol. The van der Waals surface area contributed by atoms with Crippen LogP contribution < -0.4 is 4.72 Å². The number of benzene rings is 1. The van der Waals surface area contributed by atoms with Gasteiger partial charge < -0.3 is 0 Å². The second-order valence-corrected chi connectivity index (χ2v) is 6.56. The number of hydrogen-bond acceptors (Lipinski definition) is 4. The van der Waals surface area contributed by atoms with Crippen LogP contribution in [-0.2, 0) is 10.0 Å². The fourth-order valence-electron chi connectivity index (χ4n) is 1.79. The highest BCUT2D eigenvalue weighted by Crippen LogP contribution is 2.20. The van der Waals surface area contributed by atoms with E-state index in [2.05, 4.69) is 9.71 Å². The summed E-state index contributed by atoms with van der Waals surface area (Å²) in [6, 6.07) is 11.6. The third-order valence-electron chi connectivity index (χ3n) is 2.96. The van der Waals surface area contributed by atoms with E-state index < -0.39 is 10.0 Å². The number of aromatic nitrogens is 1. The number of pyridine rings is 1. The standard InChI is InChI=1S/C15H15N3O2S/c1-11(2)13-4-3-5-14(9-13)21(19,20)18-15-8-12(10-16)6-7-17-15/h3-9,11H,1-2H3,(H,17,18). The topological polar surface area (TPSA) is 82.9 Å². The van der Waals surface area contributed by atoms with Crippen LogP contribution in [0.15, 0.2) is 47.5 Å². The van der Waals surface area contributed by atoms with Gasteiger partial charge in [-0.05, 0) is 35.7 Å². The van der Waals surface area contributed by atoms with Crippen LogP contribution in [0.25, 0.3) is 0 Å². The van der Waals surface area contributed by atoms with E-state index in [-0.39, 0.29) is 16.6 Å². The Morgan fingerprint density at radius 1 is 1.24 bits per heavy atom. The zero-order valence-corrected chi connectivity index (χ0v) is 12.6. The predicted molar refractivity (Wildman–Crippen MR) is 80.3 cm³/mol. The molecule has 0 atom stereocenters. The maximum atomic E-state index is 12.3. The molecule has 0 saturated heterocycles. The van der Waals surface area contributed by atoms with Gasteiger partial charge in [-0.3, -0.25) is 4.72 Å². The molecule has 0 aliphatic rings. The number of nitrogens with zero attached hydrogens (tertiary/aromatic N) is 2. The van der Waals surface area contributed by atoms with E-state index in [9.17, 15) is 8.42 Å². The molecule has 0 amide bonds. The Kier molecular flexibility index (Phi) is 4.24. The molecule has 5 nitrogen and oxygen atoms in total. The van der Waals surface area contributed by atoms with Crippen LogP contribution in [0.1, 0.15) is 30.9 Å². The van der Waals surface area contributed by atoms with Gasteiger partial charge in [0, 0.05) is 6.20 Å². The Morgan fingerprint density at radius 2 is 2.00 bits per heavy atom. The van der Waals surface area contributed by atoms with Crippen LogP contribution in [0.2, 0.25) is 0 Å². The van der Waals surface area contributed by atoms with Gasteiger partial charge in [0.2, 0.25) is 0 Å². The highest BCUT2D eigenvalue weighted by atomic mass is 32.2. The number of nitrogens with one attached hydrogen (secondary N) is 1. The molecule has 2 aromatic rings. The molecule has 1 aromatic carbocycles. The summed E-state index contributed by atoms with van der Waals surface area (Å²) in [4.78, 5) is 4.09. The Hall–Kier alpha value is -2.39. The van der Waals surface area contributed by atoms with Crippen molar-refractivity contribution in [3.05, 3.63) is 53.7 Å². The Morgan fingerprint density at radius 3 is 2.67 bits per heavy atom. The molecule has 0 fully saturated rings. The minimum absolute atomic E-state index is 0.129. The Bertz CT molecular complexity index is 793. The zero-order valence-electron chi connectivity index (χ0n) is 11.7. The minimum Gasteiger partial charge on any atom is -0.263 e. The molecule has 1 aromatic heterocycles. The molecule has 0 radical (unpaired) electrons. The molecule has 0 saturated carbocycles. The monoisotopic (exact) mass is 301 g/mol. The molecule has 1 N–H and O–H groups in total. The average molecular weight is 301 g/mol. The summed E-state index contributed by atoms with van der Waals surface area (Å²) in [5.41, 5.74) is 1.29. The average Bonchev–Trinajstić information content (AvgIpc) is 2.47. The van der Waals surface area contributed by atoms with Crippen LogP contribution in [0.4, 0.5) is 5.82 Å². The third kappa shape index (κ3) is 3.58. The van der Waals surface area contributed by atoms with Crippen molar-refractivity contribution in [1.82, 2.24) is 4.98 Å². The first-order valence-electron chi connectivity index (χ1n) is 6.41. The van der Waals surface area contributed by atoms with E-state index in [1.54, 1.807) is 12.1 Å². The molecule has 0 aliphatic carbocycles. The van der Waals surface area contributed by atoms with Gasteiger partial charge in [-0.25, -0.2) is 13.4 Å². The van der Waals surface area contributed by atoms with E-state index in [0.29, 0.717) is 5.56 Å². The first-order valence-corrected chi connectivity index (χ1v) is 7.89. The first-order chi connectivity index (χ1) is 9.92. The normalized spacial score (nSPS) is 11.1. The van der Waals surface area contributed by atoms with Crippen LogP contribution in [0.3, 0.4) is 0 Å². The maximum absolute atomic E-state index is 12.3. The van der Waals surface area contributed by atoms with E-state index in [4.69, 9.17) is 5.26 Å². The maximum Gasteiger partial charge on any atom is 0.263 e. The van der Waals surface area contributed by atoms with Crippen LogP contribution in [0, 0.1) is 11.3 Å². The molecular formula is C15H15N3O2S. The van der Waals surface area contributed by atoms with E-state index in [1.807, 2.05) is 26.0 Å². The van der Waals surface area contributed by atoms with Gasteiger partial charge in [0.05, 0.1) is 16.5 Å². The van der Waals surface area contributed by atoms with E-state index in [0.717, 1.165) is 5.56 Å². The number of rotatable bonds is 4. The number of sulfonamides is 1. The van der Waals surface area contributed by atoms with E-state index >= 15 is 0 Å². The second-order valence-electron chi connectivity index (χ2n) is 4.87. The summed E-state index contributed by atoms with van der Waals surface area (Å²) in [6.45, 7) is 3.99. The minimum atomic E-state index is -3.72. The lowest BCUT2D eigenvalue weighted by Gasteiger charge is -2.10. The fraction of sp³-hybridized carbons (Fsp3) is 0.200. The van der Waals surface area contributed by atoms with Gasteiger partial charge >= 0.3 is 0 Å². The predicted octanol–water partition coefficient (Wildman–Crippen LogP) is 2.88. The van der Waals surface area contributed by atoms with Crippen molar-refractivity contribution < 1.29 is 8.42 Å². The summed E-state index contributed by atoms with van der Waals surface area (Å²) in [5, 5.41) is 8.82. The molecule has 6 heteroatoms. The molecule has 2 rings (SSSR count). The van der Waals surface area contributed by atoms with Crippen molar-refractivity contribution in [3.8, 4) is 6.07 Å². The summed E-state index contributed by atoms with van der Waals surface area (Å²) in [6.07, 6.45) is 1.39.